The first-order chi connectivity index (χ1) is 12.6. The number of carboxylic acid groups (broad SMARTS) is 1. The van der Waals surface area contributed by atoms with Crippen LogP contribution in [-0.2, 0) is 4.79 Å². The second kappa shape index (κ2) is 8.12. The maximum Gasteiger partial charge on any atom is 0.303 e. The summed E-state index contributed by atoms with van der Waals surface area (Å²) in [5.41, 5.74) is 3.76. The number of carboxylic acids is 1. The first kappa shape index (κ1) is 18.1. The lowest BCUT2D eigenvalue weighted by atomic mass is 10.1. The Morgan fingerprint density at radius 1 is 1.04 bits per heavy atom. The number of amides is 1. The first-order valence-corrected chi connectivity index (χ1v) is 9.07. The molecule has 1 heterocycles. The molecular formula is C19H15ClN2O3S. The molecule has 1 aromatic heterocycles. The van der Waals surface area contributed by atoms with Gasteiger partial charge in [0.1, 0.15) is 4.88 Å². The quantitative estimate of drug-likeness (QED) is 0.481. The monoisotopic (exact) mass is 386 g/mol. The van der Waals surface area contributed by atoms with E-state index >= 15 is 0 Å². The van der Waals surface area contributed by atoms with E-state index in [1.54, 1.807) is 0 Å². The van der Waals surface area contributed by atoms with Gasteiger partial charge in [0, 0.05) is 16.5 Å². The van der Waals surface area contributed by atoms with Gasteiger partial charge < -0.3 is 5.11 Å². The topological polar surface area (TPSA) is 78.8 Å². The molecule has 0 bridgehead atoms. The van der Waals surface area contributed by atoms with Gasteiger partial charge in [0.25, 0.3) is 5.91 Å². The Balaban J connectivity index is 1.84. The summed E-state index contributed by atoms with van der Waals surface area (Å²) in [5.74, 6) is -1.34. The Hall–Kier alpha value is -2.70. The lowest BCUT2D eigenvalue weighted by molar-refractivity contribution is -0.136. The summed E-state index contributed by atoms with van der Waals surface area (Å²) in [5, 5.41) is 14.3. The minimum Gasteiger partial charge on any atom is -0.481 e. The van der Waals surface area contributed by atoms with Crippen LogP contribution in [0.25, 0.3) is 10.1 Å². The highest BCUT2D eigenvalue weighted by molar-refractivity contribution is 7.21. The summed E-state index contributed by atoms with van der Waals surface area (Å²) in [6.07, 6.45) is 0.132. The fourth-order valence-electron chi connectivity index (χ4n) is 2.45. The lowest BCUT2D eigenvalue weighted by Gasteiger charge is -2.06. The first-order valence-electron chi connectivity index (χ1n) is 7.87. The third-order valence-corrected chi connectivity index (χ3v) is 5.39. The Kier molecular flexibility index (Phi) is 5.65. The zero-order chi connectivity index (χ0) is 18.5. The van der Waals surface area contributed by atoms with Crippen LogP contribution >= 0.6 is 22.9 Å². The zero-order valence-corrected chi connectivity index (χ0v) is 15.2. The van der Waals surface area contributed by atoms with Gasteiger partial charge in [-0.2, -0.15) is 5.10 Å². The largest absolute Gasteiger partial charge is 0.481 e. The SMILES string of the molecule is O=C(O)CC/C(=N\NC(=O)c1sc2ccccc2c1Cl)c1ccccc1. The average molecular weight is 387 g/mol. The van der Waals surface area contributed by atoms with Gasteiger partial charge in [-0.1, -0.05) is 60.1 Å². The van der Waals surface area contributed by atoms with Gasteiger partial charge >= 0.3 is 5.97 Å². The molecule has 0 saturated heterocycles. The molecule has 3 aromatic rings. The van der Waals surface area contributed by atoms with Crippen LogP contribution in [0, 0.1) is 0 Å². The summed E-state index contributed by atoms with van der Waals surface area (Å²) in [6, 6.07) is 16.7. The predicted molar refractivity (Wildman–Crippen MR) is 104 cm³/mol. The molecule has 5 nitrogen and oxygen atoms in total. The van der Waals surface area contributed by atoms with Gasteiger partial charge in [-0.15, -0.1) is 11.3 Å². The molecule has 7 heteroatoms. The van der Waals surface area contributed by atoms with Gasteiger partial charge in [-0.05, 0) is 11.6 Å². The third kappa shape index (κ3) is 4.09. The van der Waals surface area contributed by atoms with Crippen molar-refractivity contribution >= 4 is 50.6 Å². The third-order valence-electron chi connectivity index (χ3n) is 3.72. The molecule has 0 saturated carbocycles. The smallest absolute Gasteiger partial charge is 0.303 e. The number of hydrogen-bond acceptors (Lipinski definition) is 4. The van der Waals surface area contributed by atoms with E-state index in [9.17, 15) is 9.59 Å². The van der Waals surface area contributed by atoms with Crippen LogP contribution in [0.4, 0.5) is 0 Å². The maximum atomic E-state index is 12.5. The Bertz CT molecular complexity index is 983. The number of halogens is 1. The second-order valence-electron chi connectivity index (χ2n) is 5.50. The highest BCUT2D eigenvalue weighted by Gasteiger charge is 2.17. The van der Waals surface area contributed by atoms with Crippen LogP contribution < -0.4 is 5.43 Å². The number of carbonyl (C=O) groups excluding carboxylic acids is 1. The molecule has 0 fully saturated rings. The van der Waals surface area contributed by atoms with Crippen molar-refractivity contribution in [2.75, 3.05) is 0 Å². The van der Waals surface area contributed by atoms with Gasteiger partial charge in [-0.3, -0.25) is 9.59 Å². The second-order valence-corrected chi connectivity index (χ2v) is 6.93. The molecule has 0 aliphatic heterocycles. The summed E-state index contributed by atoms with van der Waals surface area (Å²) in [6.45, 7) is 0. The highest BCUT2D eigenvalue weighted by atomic mass is 35.5. The molecule has 132 valence electrons. The number of fused-ring (bicyclic) bond motifs is 1. The van der Waals surface area contributed by atoms with E-state index in [0.29, 0.717) is 15.6 Å². The summed E-state index contributed by atoms with van der Waals surface area (Å²) >= 11 is 7.60. The molecule has 0 radical (unpaired) electrons. The van der Waals surface area contributed by atoms with Crippen molar-refractivity contribution in [3.8, 4) is 0 Å². The van der Waals surface area contributed by atoms with E-state index in [1.807, 2.05) is 54.6 Å². The molecule has 1 amide bonds. The minimum absolute atomic E-state index is 0.0761. The Morgan fingerprint density at radius 3 is 2.42 bits per heavy atom. The fourth-order valence-corrected chi connectivity index (χ4v) is 3.86. The number of hydrazone groups is 1. The average Bonchev–Trinajstić information content (AvgIpc) is 2.99. The molecule has 3 rings (SSSR count). The number of hydrogen-bond donors (Lipinski definition) is 2. The van der Waals surface area contributed by atoms with Gasteiger partial charge in [0.15, 0.2) is 0 Å². The summed E-state index contributed by atoms with van der Waals surface area (Å²) < 4.78 is 0.917. The highest BCUT2D eigenvalue weighted by Crippen LogP contribution is 2.34. The number of thiophene rings is 1. The van der Waals surface area contributed by atoms with Crippen LogP contribution in [0.15, 0.2) is 59.7 Å². The zero-order valence-electron chi connectivity index (χ0n) is 13.6. The minimum atomic E-state index is -0.924. The van der Waals surface area contributed by atoms with Crippen LogP contribution in [0.3, 0.4) is 0 Å². The van der Waals surface area contributed by atoms with Gasteiger partial charge in [0.05, 0.1) is 17.2 Å². The number of aliphatic carboxylic acids is 1. The number of benzene rings is 2. The number of carbonyl (C=O) groups is 2. The van der Waals surface area contributed by atoms with Crippen LogP contribution in [0.5, 0.6) is 0 Å². The Labute approximate surface area is 158 Å². The van der Waals surface area contributed by atoms with E-state index in [2.05, 4.69) is 10.5 Å². The molecule has 0 unspecified atom stereocenters. The van der Waals surface area contributed by atoms with E-state index in [-0.39, 0.29) is 12.8 Å². The normalized spacial score (nSPS) is 11.5. The van der Waals surface area contributed by atoms with Crippen molar-refractivity contribution in [1.82, 2.24) is 5.43 Å². The number of nitrogens with one attached hydrogen (secondary N) is 1. The van der Waals surface area contributed by atoms with Gasteiger partial charge in [-0.25, -0.2) is 5.43 Å². The summed E-state index contributed by atoms with van der Waals surface area (Å²) in [4.78, 5) is 23.8. The van der Waals surface area contributed by atoms with Crippen LogP contribution in [-0.4, -0.2) is 22.7 Å². The fraction of sp³-hybridized carbons (Fsp3) is 0.105. The van der Waals surface area contributed by atoms with Crippen LogP contribution in [0.2, 0.25) is 5.02 Å². The van der Waals surface area contributed by atoms with E-state index < -0.39 is 11.9 Å². The van der Waals surface area contributed by atoms with E-state index in [4.69, 9.17) is 16.7 Å². The maximum absolute atomic E-state index is 12.5. The molecule has 0 aliphatic carbocycles. The predicted octanol–water partition coefficient (Wildman–Crippen LogP) is 4.55. The van der Waals surface area contributed by atoms with E-state index in [0.717, 1.165) is 15.6 Å². The van der Waals surface area contributed by atoms with Crippen molar-refractivity contribution in [2.24, 2.45) is 5.10 Å². The van der Waals surface area contributed by atoms with Crippen molar-refractivity contribution < 1.29 is 14.7 Å². The molecule has 0 aliphatic rings. The molecule has 2 N–H and O–H groups in total. The molecule has 2 aromatic carbocycles. The molecular weight excluding hydrogens is 372 g/mol. The van der Waals surface area contributed by atoms with Crippen molar-refractivity contribution in [3.63, 3.8) is 0 Å². The van der Waals surface area contributed by atoms with Crippen molar-refractivity contribution in [1.29, 1.82) is 0 Å². The number of rotatable bonds is 6. The Morgan fingerprint density at radius 2 is 1.73 bits per heavy atom. The summed E-state index contributed by atoms with van der Waals surface area (Å²) in [7, 11) is 0. The van der Waals surface area contributed by atoms with Gasteiger partial charge in [0.2, 0.25) is 0 Å². The van der Waals surface area contributed by atoms with Crippen molar-refractivity contribution in [3.05, 3.63) is 70.1 Å². The standard InChI is InChI=1S/C19H15ClN2O3S/c20-17-13-8-4-5-9-15(13)26-18(17)19(25)22-21-14(10-11-16(23)24)12-6-2-1-3-7-12/h1-9H,10-11H2,(H,22,25)(H,23,24)/b21-14+. The number of nitrogens with zero attached hydrogens (tertiary/aromatic N) is 1. The molecule has 26 heavy (non-hydrogen) atoms. The lowest BCUT2D eigenvalue weighted by Crippen LogP contribution is -2.20. The van der Waals surface area contributed by atoms with Crippen molar-refractivity contribution in [2.45, 2.75) is 12.8 Å². The van der Waals surface area contributed by atoms with Crippen LogP contribution in [0.1, 0.15) is 28.1 Å². The molecule has 0 spiro atoms. The van der Waals surface area contributed by atoms with E-state index in [1.165, 1.54) is 11.3 Å². The molecule has 0 atom stereocenters.